The number of carbonyl (C=O) groups is 1. The van der Waals surface area contributed by atoms with Crippen LogP contribution in [0.25, 0.3) is 11.3 Å². The van der Waals surface area contributed by atoms with Crippen molar-refractivity contribution < 1.29 is 18.0 Å². The van der Waals surface area contributed by atoms with Gasteiger partial charge in [0.05, 0.1) is 16.9 Å². The lowest BCUT2D eigenvalue weighted by atomic mass is 10.1. The van der Waals surface area contributed by atoms with Crippen molar-refractivity contribution >= 4 is 23.4 Å². The molecule has 0 radical (unpaired) electrons. The normalized spacial score (nSPS) is 16.2. The van der Waals surface area contributed by atoms with E-state index in [9.17, 15) is 18.0 Å². The molecule has 2 aromatic heterocycles. The van der Waals surface area contributed by atoms with Crippen LogP contribution in [-0.2, 0) is 6.18 Å². The molecule has 0 spiro atoms. The van der Waals surface area contributed by atoms with Crippen LogP contribution in [0.15, 0.2) is 42.5 Å². The van der Waals surface area contributed by atoms with Crippen molar-refractivity contribution in [1.82, 2.24) is 9.97 Å². The second-order valence-corrected chi connectivity index (χ2v) is 8.00. The number of hydrogen-bond donors (Lipinski definition) is 3. The number of rotatable bonds is 2. The third-order valence-corrected chi connectivity index (χ3v) is 5.64. The van der Waals surface area contributed by atoms with Crippen LogP contribution >= 0.6 is 0 Å². The number of nitrogens with zero attached hydrogens (tertiary/aromatic N) is 2. The van der Waals surface area contributed by atoms with E-state index in [1.54, 1.807) is 23.1 Å². The van der Waals surface area contributed by atoms with Gasteiger partial charge in [0.1, 0.15) is 5.82 Å². The molecular formula is C23H24F3N5O. The fraction of sp³-hybridized carbons (Fsp3) is 0.304. The Morgan fingerprint density at radius 3 is 2.66 bits per heavy atom. The molecule has 0 bridgehead atoms. The zero-order valence-electron chi connectivity index (χ0n) is 18.0. The number of anilines is 3. The Morgan fingerprint density at radius 2 is 1.97 bits per heavy atom. The van der Waals surface area contributed by atoms with Gasteiger partial charge < -0.3 is 10.3 Å². The maximum absolute atomic E-state index is 13.2. The van der Waals surface area contributed by atoms with Crippen molar-refractivity contribution in [2.45, 2.75) is 39.4 Å². The molecule has 9 heteroatoms. The summed E-state index contributed by atoms with van der Waals surface area (Å²) in [5, 5.41) is 6.14. The average Bonchev–Trinajstić information content (AvgIpc) is 2.95. The van der Waals surface area contributed by atoms with Crippen molar-refractivity contribution in [3.8, 4) is 11.3 Å². The molecule has 3 aromatic rings. The maximum atomic E-state index is 13.2. The number of carbonyl (C=O) groups excluding carboxylic acids is 1. The van der Waals surface area contributed by atoms with E-state index in [-0.39, 0.29) is 12.1 Å². The summed E-state index contributed by atoms with van der Waals surface area (Å²) >= 11 is 0. The minimum Gasteiger partial charge on any atom is -0.382 e. The predicted octanol–water partition coefficient (Wildman–Crippen LogP) is 5.95. The first-order chi connectivity index (χ1) is 15.1. The van der Waals surface area contributed by atoms with E-state index in [1.165, 1.54) is 6.07 Å². The Balaban J connectivity index is 1.72. The van der Waals surface area contributed by atoms with Gasteiger partial charge >= 0.3 is 12.2 Å². The SMILES string of the molecule is Cc1cc(NC(=O)N2c3nc(-c4cccc(C(F)(F)F)c4)ccc3NCC[C@@H]2C)[nH]c1C. The molecule has 32 heavy (non-hydrogen) atoms. The van der Waals surface area contributed by atoms with E-state index in [1.807, 2.05) is 26.8 Å². The van der Waals surface area contributed by atoms with Crippen LogP contribution in [-0.4, -0.2) is 28.6 Å². The van der Waals surface area contributed by atoms with E-state index < -0.39 is 11.7 Å². The summed E-state index contributed by atoms with van der Waals surface area (Å²) in [7, 11) is 0. The average molecular weight is 443 g/mol. The number of urea groups is 1. The number of halogens is 3. The molecule has 3 N–H and O–H groups in total. The number of hydrogen-bond acceptors (Lipinski definition) is 3. The fourth-order valence-corrected chi connectivity index (χ4v) is 3.74. The van der Waals surface area contributed by atoms with Crippen LogP contribution in [0.2, 0.25) is 0 Å². The molecule has 2 amide bonds. The van der Waals surface area contributed by atoms with Crippen LogP contribution < -0.4 is 15.5 Å². The minimum absolute atomic E-state index is 0.176. The number of pyridine rings is 1. The van der Waals surface area contributed by atoms with Crippen molar-refractivity contribution in [1.29, 1.82) is 0 Å². The maximum Gasteiger partial charge on any atom is 0.416 e. The van der Waals surface area contributed by atoms with Gasteiger partial charge in [-0.3, -0.25) is 10.2 Å². The Bertz CT molecular complexity index is 1140. The molecule has 3 heterocycles. The molecule has 0 unspecified atom stereocenters. The van der Waals surface area contributed by atoms with Gasteiger partial charge in [-0.15, -0.1) is 0 Å². The van der Waals surface area contributed by atoms with E-state index in [0.29, 0.717) is 41.5 Å². The van der Waals surface area contributed by atoms with Gasteiger partial charge in [-0.05, 0) is 63.1 Å². The van der Waals surface area contributed by atoms with Gasteiger partial charge in [0.2, 0.25) is 0 Å². The monoisotopic (exact) mass is 443 g/mol. The van der Waals surface area contributed by atoms with Crippen LogP contribution in [0.5, 0.6) is 0 Å². The van der Waals surface area contributed by atoms with Crippen LogP contribution in [0.3, 0.4) is 0 Å². The lowest BCUT2D eigenvalue weighted by molar-refractivity contribution is -0.137. The Labute approximate surface area is 183 Å². The van der Waals surface area contributed by atoms with Gasteiger partial charge in [-0.2, -0.15) is 13.2 Å². The smallest absolute Gasteiger partial charge is 0.382 e. The number of nitrogens with one attached hydrogen (secondary N) is 3. The molecule has 0 saturated heterocycles. The summed E-state index contributed by atoms with van der Waals surface area (Å²) < 4.78 is 39.5. The number of aromatic nitrogens is 2. The van der Waals surface area contributed by atoms with Crippen LogP contribution in [0.1, 0.15) is 30.2 Å². The highest BCUT2D eigenvalue weighted by Gasteiger charge is 2.31. The molecule has 0 saturated carbocycles. The zero-order valence-corrected chi connectivity index (χ0v) is 18.0. The van der Waals surface area contributed by atoms with Gasteiger partial charge in [-0.25, -0.2) is 9.78 Å². The number of aromatic amines is 1. The van der Waals surface area contributed by atoms with Crippen molar-refractivity contribution in [2.24, 2.45) is 0 Å². The highest BCUT2D eigenvalue weighted by molar-refractivity contribution is 6.03. The Kier molecular flexibility index (Phi) is 5.58. The van der Waals surface area contributed by atoms with Gasteiger partial charge in [0, 0.05) is 23.8 Å². The number of H-pyrrole nitrogens is 1. The number of fused-ring (bicyclic) bond motifs is 1. The van der Waals surface area contributed by atoms with E-state index >= 15 is 0 Å². The largest absolute Gasteiger partial charge is 0.416 e. The van der Waals surface area contributed by atoms with Gasteiger partial charge in [-0.1, -0.05) is 12.1 Å². The molecule has 4 rings (SSSR count). The standard InChI is InChI=1S/C23H24F3N5O/c1-13-11-20(28-15(13)3)30-22(32)31-14(2)9-10-27-19-8-7-18(29-21(19)31)16-5-4-6-17(12-16)23(24,25)26/h4-8,11-12,14,27-28H,9-10H2,1-3H3,(H,30,32)/t14-/m0/s1. The summed E-state index contributed by atoms with van der Waals surface area (Å²) in [6.45, 7) is 6.42. The first-order valence-corrected chi connectivity index (χ1v) is 10.3. The molecule has 1 aliphatic rings. The summed E-state index contributed by atoms with van der Waals surface area (Å²) in [5.41, 5.74) is 2.57. The summed E-state index contributed by atoms with van der Waals surface area (Å²) in [4.78, 5) is 22.5. The number of benzene rings is 1. The first kappa shape index (κ1) is 21.7. The number of amides is 2. The second kappa shape index (κ2) is 8.22. The van der Waals surface area contributed by atoms with E-state index in [2.05, 4.69) is 20.6 Å². The zero-order chi connectivity index (χ0) is 23.0. The summed E-state index contributed by atoms with van der Waals surface area (Å²) in [5.74, 6) is 0.951. The molecule has 0 aliphatic carbocycles. The Morgan fingerprint density at radius 1 is 1.19 bits per heavy atom. The number of alkyl halides is 3. The van der Waals surface area contributed by atoms with Gasteiger partial charge in [0.25, 0.3) is 0 Å². The second-order valence-electron chi connectivity index (χ2n) is 8.00. The van der Waals surface area contributed by atoms with Crippen molar-refractivity contribution in [3.63, 3.8) is 0 Å². The predicted molar refractivity (Wildman–Crippen MR) is 119 cm³/mol. The molecular weight excluding hydrogens is 419 g/mol. The fourth-order valence-electron chi connectivity index (χ4n) is 3.74. The summed E-state index contributed by atoms with van der Waals surface area (Å²) in [6, 6.07) is 9.74. The highest BCUT2D eigenvalue weighted by atomic mass is 19.4. The third kappa shape index (κ3) is 4.28. The topological polar surface area (TPSA) is 73.1 Å². The summed E-state index contributed by atoms with van der Waals surface area (Å²) in [6.07, 6.45) is -3.76. The lowest BCUT2D eigenvalue weighted by Crippen LogP contribution is -2.42. The molecule has 168 valence electrons. The molecule has 1 atom stereocenters. The molecule has 0 fully saturated rings. The van der Waals surface area contributed by atoms with Gasteiger partial charge in [0.15, 0.2) is 5.82 Å². The van der Waals surface area contributed by atoms with Crippen molar-refractivity contribution in [2.75, 3.05) is 22.1 Å². The first-order valence-electron chi connectivity index (χ1n) is 10.3. The van der Waals surface area contributed by atoms with E-state index in [0.717, 1.165) is 23.4 Å². The highest BCUT2D eigenvalue weighted by Crippen LogP contribution is 2.35. The number of aryl methyl sites for hydroxylation is 2. The molecule has 1 aromatic carbocycles. The van der Waals surface area contributed by atoms with Crippen LogP contribution in [0.4, 0.5) is 35.3 Å². The molecule has 1 aliphatic heterocycles. The quantitative estimate of drug-likeness (QED) is 0.458. The third-order valence-electron chi connectivity index (χ3n) is 5.64. The van der Waals surface area contributed by atoms with E-state index in [4.69, 9.17) is 0 Å². The molecule has 6 nitrogen and oxygen atoms in total. The lowest BCUT2D eigenvalue weighted by Gasteiger charge is -2.27. The van der Waals surface area contributed by atoms with Crippen molar-refractivity contribution in [3.05, 3.63) is 59.3 Å². The van der Waals surface area contributed by atoms with Crippen LogP contribution in [0, 0.1) is 13.8 Å². The Hall–Kier alpha value is -3.49. The minimum atomic E-state index is -4.45.